The van der Waals surface area contributed by atoms with Crippen molar-refractivity contribution >= 4 is 0 Å². The van der Waals surface area contributed by atoms with Gasteiger partial charge in [-0.1, -0.05) is 35.5 Å². The molecule has 0 bridgehead atoms. The quantitative estimate of drug-likeness (QED) is 0.847. The van der Waals surface area contributed by atoms with Crippen LogP contribution in [0.15, 0.2) is 36.5 Å². The third-order valence-electron chi connectivity index (χ3n) is 2.93. The Hall–Kier alpha value is -1.72. The zero-order chi connectivity index (χ0) is 13.7. The molecule has 1 heterocycles. The molecular formula is C14H21N5. The van der Waals surface area contributed by atoms with Crippen LogP contribution in [-0.2, 0) is 13.6 Å². The second kappa shape index (κ2) is 6.45. The Kier molecular flexibility index (Phi) is 4.65. The maximum absolute atomic E-state index is 4.10. The lowest BCUT2D eigenvalue weighted by Crippen LogP contribution is -2.31. The molecule has 0 saturated heterocycles. The molecule has 0 fully saturated rings. The van der Waals surface area contributed by atoms with Gasteiger partial charge in [0, 0.05) is 32.4 Å². The van der Waals surface area contributed by atoms with E-state index in [1.54, 1.807) is 4.68 Å². The van der Waals surface area contributed by atoms with Gasteiger partial charge in [-0.25, -0.2) is 0 Å². The van der Waals surface area contributed by atoms with Gasteiger partial charge in [0.1, 0.15) is 0 Å². The Bertz CT molecular complexity index is 492. The molecule has 102 valence electrons. The highest BCUT2D eigenvalue weighted by atomic mass is 15.4. The molecule has 0 aliphatic heterocycles. The smallest absolute Gasteiger partial charge is 0.0964 e. The highest BCUT2D eigenvalue weighted by molar-refractivity contribution is 5.19. The molecule has 1 N–H and O–H groups in total. The van der Waals surface area contributed by atoms with Gasteiger partial charge in [-0.2, -0.15) is 0 Å². The summed E-state index contributed by atoms with van der Waals surface area (Å²) in [5.41, 5.74) is 2.25. The number of rotatable bonds is 6. The SMILES string of the molecule is CN(C)CC(NCc1cn(C)nn1)c1ccccc1. The van der Waals surface area contributed by atoms with Crippen LogP contribution in [0.5, 0.6) is 0 Å². The fourth-order valence-corrected chi connectivity index (χ4v) is 2.04. The van der Waals surface area contributed by atoms with Crippen molar-refractivity contribution in [1.29, 1.82) is 0 Å². The van der Waals surface area contributed by atoms with Crippen molar-refractivity contribution in [2.45, 2.75) is 12.6 Å². The number of likely N-dealkylation sites (N-methyl/N-ethyl adjacent to an activating group) is 1. The molecule has 0 spiro atoms. The second-order valence-corrected chi connectivity index (χ2v) is 4.99. The molecule has 0 aliphatic carbocycles. The van der Waals surface area contributed by atoms with Gasteiger partial charge in [-0.05, 0) is 19.7 Å². The summed E-state index contributed by atoms with van der Waals surface area (Å²) in [6, 6.07) is 10.8. The summed E-state index contributed by atoms with van der Waals surface area (Å²) in [5, 5.41) is 11.6. The van der Waals surface area contributed by atoms with Crippen LogP contribution in [0.3, 0.4) is 0 Å². The van der Waals surface area contributed by atoms with E-state index in [1.165, 1.54) is 5.56 Å². The van der Waals surface area contributed by atoms with E-state index in [1.807, 2.05) is 19.3 Å². The van der Waals surface area contributed by atoms with Crippen LogP contribution in [0.1, 0.15) is 17.3 Å². The molecule has 1 aromatic carbocycles. The van der Waals surface area contributed by atoms with Crippen LogP contribution in [0.25, 0.3) is 0 Å². The lowest BCUT2D eigenvalue weighted by atomic mass is 10.1. The largest absolute Gasteiger partial charge is 0.308 e. The molecule has 0 radical (unpaired) electrons. The van der Waals surface area contributed by atoms with Crippen LogP contribution in [0.2, 0.25) is 0 Å². The molecule has 19 heavy (non-hydrogen) atoms. The number of hydrogen-bond donors (Lipinski definition) is 1. The van der Waals surface area contributed by atoms with E-state index in [2.05, 4.69) is 58.9 Å². The normalized spacial score (nSPS) is 12.8. The third-order valence-corrected chi connectivity index (χ3v) is 2.93. The van der Waals surface area contributed by atoms with E-state index in [-0.39, 0.29) is 0 Å². The first-order valence-electron chi connectivity index (χ1n) is 6.43. The van der Waals surface area contributed by atoms with Crippen LogP contribution in [0.4, 0.5) is 0 Å². The molecule has 5 heteroatoms. The van der Waals surface area contributed by atoms with Crippen molar-refractivity contribution in [2.24, 2.45) is 7.05 Å². The molecule has 2 aromatic rings. The van der Waals surface area contributed by atoms with Gasteiger partial charge in [0.25, 0.3) is 0 Å². The highest BCUT2D eigenvalue weighted by Gasteiger charge is 2.12. The summed E-state index contributed by atoms with van der Waals surface area (Å²) < 4.78 is 1.72. The first-order valence-corrected chi connectivity index (χ1v) is 6.43. The summed E-state index contributed by atoms with van der Waals surface area (Å²) in [6.07, 6.45) is 1.94. The Morgan fingerprint density at radius 3 is 2.58 bits per heavy atom. The van der Waals surface area contributed by atoms with E-state index in [4.69, 9.17) is 0 Å². The molecule has 2 rings (SSSR count). The summed E-state index contributed by atoms with van der Waals surface area (Å²) in [4.78, 5) is 2.18. The maximum Gasteiger partial charge on any atom is 0.0964 e. The Morgan fingerprint density at radius 2 is 2.00 bits per heavy atom. The minimum absolute atomic E-state index is 0.290. The second-order valence-electron chi connectivity index (χ2n) is 4.99. The molecule has 0 amide bonds. The molecule has 1 aromatic heterocycles. The predicted molar refractivity (Wildman–Crippen MR) is 75.6 cm³/mol. The number of nitrogens with zero attached hydrogens (tertiary/aromatic N) is 4. The summed E-state index contributed by atoms with van der Waals surface area (Å²) in [5.74, 6) is 0. The van der Waals surface area contributed by atoms with E-state index in [0.29, 0.717) is 6.04 Å². The van der Waals surface area contributed by atoms with Crippen LogP contribution in [0, 0.1) is 0 Å². The molecule has 5 nitrogen and oxygen atoms in total. The van der Waals surface area contributed by atoms with E-state index >= 15 is 0 Å². The number of aryl methyl sites for hydroxylation is 1. The number of aromatic nitrogens is 3. The van der Waals surface area contributed by atoms with Crippen LogP contribution in [-0.4, -0.2) is 40.5 Å². The first kappa shape index (κ1) is 13.7. The van der Waals surface area contributed by atoms with Gasteiger partial charge >= 0.3 is 0 Å². The van der Waals surface area contributed by atoms with Gasteiger partial charge < -0.3 is 10.2 Å². The standard InChI is InChI=1S/C14H21N5/c1-18(2)11-14(12-7-5-4-6-8-12)15-9-13-10-19(3)17-16-13/h4-8,10,14-15H,9,11H2,1-3H3. The Balaban J connectivity index is 2.02. The number of nitrogens with one attached hydrogen (secondary N) is 1. The molecule has 0 saturated carbocycles. The van der Waals surface area contributed by atoms with Crippen molar-refractivity contribution in [3.05, 3.63) is 47.8 Å². The number of benzene rings is 1. The highest BCUT2D eigenvalue weighted by Crippen LogP contribution is 2.13. The average Bonchev–Trinajstić information content (AvgIpc) is 2.81. The fourth-order valence-electron chi connectivity index (χ4n) is 2.04. The Labute approximate surface area is 114 Å². The van der Waals surface area contributed by atoms with Crippen LogP contribution < -0.4 is 5.32 Å². The summed E-state index contributed by atoms with van der Waals surface area (Å²) >= 11 is 0. The topological polar surface area (TPSA) is 46.0 Å². The van der Waals surface area contributed by atoms with Gasteiger partial charge in [0.05, 0.1) is 5.69 Å². The minimum Gasteiger partial charge on any atom is -0.308 e. The van der Waals surface area contributed by atoms with Crippen molar-refractivity contribution in [2.75, 3.05) is 20.6 Å². The molecule has 0 aliphatic rings. The predicted octanol–water partition coefficient (Wildman–Crippen LogP) is 1.21. The average molecular weight is 259 g/mol. The molecular weight excluding hydrogens is 238 g/mol. The van der Waals surface area contributed by atoms with E-state index in [0.717, 1.165) is 18.8 Å². The van der Waals surface area contributed by atoms with Crippen LogP contribution >= 0.6 is 0 Å². The maximum atomic E-state index is 4.10. The zero-order valence-electron chi connectivity index (χ0n) is 11.7. The third kappa shape index (κ3) is 4.15. The number of hydrogen-bond acceptors (Lipinski definition) is 4. The lowest BCUT2D eigenvalue weighted by molar-refractivity contribution is 0.340. The lowest BCUT2D eigenvalue weighted by Gasteiger charge is -2.22. The first-order chi connectivity index (χ1) is 9.15. The van der Waals surface area contributed by atoms with Crippen molar-refractivity contribution in [3.8, 4) is 0 Å². The van der Waals surface area contributed by atoms with Gasteiger partial charge in [0.15, 0.2) is 0 Å². The van der Waals surface area contributed by atoms with Gasteiger partial charge in [0.2, 0.25) is 0 Å². The van der Waals surface area contributed by atoms with Crippen molar-refractivity contribution in [1.82, 2.24) is 25.2 Å². The van der Waals surface area contributed by atoms with Crippen molar-refractivity contribution in [3.63, 3.8) is 0 Å². The zero-order valence-corrected chi connectivity index (χ0v) is 11.7. The van der Waals surface area contributed by atoms with Gasteiger partial charge in [-0.3, -0.25) is 4.68 Å². The van der Waals surface area contributed by atoms with E-state index < -0.39 is 0 Å². The fraction of sp³-hybridized carbons (Fsp3) is 0.429. The van der Waals surface area contributed by atoms with E-state index in [9.17, 15) is 0 Å². The molecule has 1 unspecified atom stereocenters. The molecule has 1 atom stereocenters. The monoisotopic (exact) mass is 259 g/mol. The summed E-state index contributed by atoms with van der Waals surface area (Å²) in [7, 11) is 6.05. The van der Waals surface area contributed by atoms with Crippen molar-refractivity contribution < 1.29 is 0 Å². The Morgan fingerprint density at radius 1 is 1.26 bits per heavy atom. The minimum atomic E-state index is 0.290. The summed E-state index contributed by atoms with van der Waals surface area (Å²) in [6.45, 7) is 1.67. The van der Waals surface area contributed by atoms with Gasteiger partial charge in [-0.15, -0.1) is 5.10 Å².